The number of nitrogens with zero attached hydrogens (tertiary/aromatic N) is 1. The molecule has 130 valence electrons. The van der Waals surface area contributed by atoms with Crippen molar-refractivity contribution in [1.82, 2.24) is 0 Å². The highest BCUT2D eigenvalue weighted by Gasteiger charge is 2.24. The summed E-state index contributed by atoms with van der Waals surface area (Å²) >= 11 is 0. The molecule has 1 saturated heterocycles. The van der Waals surface area contributed by atoms with Crippen molar-refractivity contribution in [2.75, 3.05) is 23.9 Å². The number of aryl methyl sites for hydroxylation is 1. The average Bonchev–Trinajstić information content (AvgIpc) is 3.02. The van der Waals surface area contributed by atoms with Crippen LogP contribution in [0.2, 0.25) is 0 Å². The van der Waals surface area contributed by atoms with Gasteiger partial charge in [-0.2, -0.15) is 0 Å². The molecule has 0 radical (unpaired) electrons. The highest BCUT2D eigenvalue weighted by molar-refractivity contribution is 5.98. The molecule has 2 aromatic rings. The van der Waals surface area contributed by atoms with Gasteiger partial charge in [0.15, 0.2) is 0 Å². The maximum Gasteiger partial charge on any atom is 0.228 e. The van der Waals surface area contributed by atoms with Crippen LogP contribution in [0.5, 0.6) is 5.75 Å². The van der Waals surface area contributed by atoms with E-state index in [-0.39, 0.29) is 11.8 Å². The lowest BCUT2D eigenvalue weighted by Crippen LogP contribution is -2.24. The minimum absolute atomic E-state index is 0.0871. The number of amides is 2. The van der Waals surface area contributed by atoms with Crippen LogP contribution < -0.4 is 15.0 Å². The van der Waals surface area contributed by atoms with Crippen molar-refractivity contribution >= 4 is 23.2 Å². The van der Waals surface area contributed by atoms with Crippen molar-refractivity contribution in [3.8, 4) is 5.75 Å². The standard InChI is InChI=1S/C20H22N2O3/c1-14-5-7-15(8-6-14)12-19(23)21-16-9-10-17(18(13-16)25-2)22-11-3-4-20(22)24/h5-10,13H,3-4,11-12H2,1-2H3,(H,21,23). The highest BCUT2D eigenvalue weighted by atomic mass is 16.5. The van der Waals surface area contributed by atoms with Crippen molar-refractivity contribution < 1.29 is 14.3 Å². The second kappa shape index (κ2) is 7.38. The summed E-state index contributed by atoms with van der Waals surface area (Å²) in [6.07, 6.45) is 1.74. The predicted octanol–water partition coefficient (Wildman–Crippen LogP) is 3.31. The lowest BCUT2D eigenvalue weighted by molar-refractivity contribution is -0.117. The normalized spacial score (nSPS) is 13.8. The number of rotatable bonds is 5. The van der Waals surface area contributed by atoms with Crippen LogP contribution in [0.15, 0.2) is 42.5 Å². The van der Waals surface area contributed by atoms with E-state index in [2.05, 4.69) is 5.32 Å². The largest absolute Gasteiger partial charge is 0.494 e. The van der Waals surface area contributed by atoms with Gasteiger partial charge in [0.05, 0.1) is 19.2 Å². The molecule has 0 atom stereocenters. The van der Waals surface area contributed by atoms with Crippen LogP contribution in [0.3, 0.4) is 0 Å². The van der Waals surface area contributed by atoms with Crippen molar-refractivity contribution in [1.29, 1.82) is 0 Å². The average molecular weight is 338 g/mol. The number of hydrogen-bond acceptors (Lipinski definition) is 3. The van der Waals surface area contributed by atoms with Crippen LogP contribution >= 0.6 is 0 Å². The summed E-state index contributed by atoms with van der Waals surface area (Å²) in [5.41, 5.74) is 3.54. The maximum atomic E-state index is 12.2. The van der Waals surface area contributed by atoms with E-state index >= 15 is 0 Å². The van der Waals surface area contributed by atoms with Crippen molar-refractivity contribution in [2.45, 2.75) is 26.2 Å². The topological polar surface area (TPSA) is 58.6 Å². The predicted molar refractivity (Wildman–Crippen MR) is 98.1 cm³/mol. The van der Waals surface area contributed by atoms with Gasteiger partial charge in [-0.15, -0.1) is 0 Å². The number of carbonyl (C=O) groups is 2. The first kappa shape index (κ1) is 17.0. The van der Waals surface area contributed by atoms with Crippen LogP contribution in [0, 0.1) is 6.92 Å². The van der Waals surface area contributed by atoms with Crippen LogP contribution in [0.25, 0.3) is 0 Å². The van der Waals surface area contributed by atoms with E-state index in [0.717, 1.165) is 17.7 Å². The van der Waals surface area contributed by atoms with Gasteiger partial charge in [0.1, 0.15) is 5.75 Å². The van der Waals surface area contributed by atoms with E-state index in [0.29, 0.717) is 30.8 Å². The Bertz CT molecular complexity index is 784. The van der Waals surface area contributed by atoms with Crippen molar-refractivity contribution in [3.05, 3.63) is 53.6 Å². The summed E-state index contributed by atoms with van der Waals surface area (Å²) in [5, 5.41) is 2.89. The minimum Gasteiger partial charge on any atom is -0.494 e. The number of ether oxygens (including phenoxy) is 1. The molecule has 2 amide bonds. The molecule has 0 aliphatic carbocycles. The van der Waals surface area contributed by atoms with E-state index in [9.17, 15) is 9.59 Å². The van der Waals surface area contributed by atoms with E-state index < -0.39 is 0 Å². The Labute approximate surface area is 147 Å². The first-order valence-electron chi connectivity index (χ1n) is 8.40. The number of anilines is 2. The highest BCUT2D eigenvalue weighted by Crippen LogP contribution is 2.33. The van der Waals surface area contributed by atoms with Gasteiger partial charge in [0.25, 0.3) is 0 Å². The van der Waals surface area contributed by atoms with Gasteiger partial charge in [-0.3, -0.25) is 9.59 Å². The Kier molecular flexibility index (Phi) is 5.03. The van der Waals surface area contributed by atoms with Gasteiger partial charge in [-0.05, 0) is 31.0 Å². The molecule has 1 aliphatic rings. The number of benzene rings is 2. The van der Waals surface area contributed by atoms with Crippen LogP contribution in [-0.2, 0) is 16.0 Å². The van der Waals surface area contributed by atoms with E-state index in [1.54, 1.807) is 24.1 Å². The van der Waals surface area contributed by atoms with Crippen molar-refractivity contribution in [2.24, 2.45) is 0 Å². The molecule has 1 heterocycles. The Hall–Kier alpha value is -2.82. The number of carbonyl (C=O) groups excluding carboxylic acids is 2. The summed E-state index contributed by atoms with van der Waals surface area (Å²) in [6.45, 7) is 2.72. The van der Waals surface area contributed by atoms with Gasteiger partial charge < -0.3 is 15.0 Å². The molecule has 1 N–H and O–H groups in total. The number of methoxy groups -OCH3 is 1. The fourth-order valence-corrected chi connectivity index (χ4v) is 2.98. The molecule has 0 saturated carbocycles. The molecule has 0 unspecified atom stereocenters. The van der Waals surface area contributed by atoms with Crippen LogP contribution in [-0.4, -0.2) is 25.5 Å². The second-order valence-corrected chi connectivity index (χ2v) is 6.25. The maximum absolute atomic E-state index is 12.2. The number of hydrogen-bond donors (Lipinski definition) is 1. The van der Waals surface area contributed by atoms with Gasteiger partial charge >= 0.3 is 0 Å². The zero-order valence-corrected chi connectivity index (χ0v) is 14.5. The molecular formula is C20H22N2O3. The van der Waals surface area contributed by atoms with Crippen molar-refractivity contribution in [3.63, 3.8) is 0 Å². The smallest absolute Gasteiger partial charge is 0.228 e. The molecule has 5 heteroatoms. The Morgan fingerprint density at radius 3 is 2.60 bits per heavy atom. The molecule has 5 nitrogen and oxygen atoms in total. The first-order chi connectivity index (χ1) is 12.1. The quantitative estimate of drug-likeness (QED) is 0.910. The molecular weight excluding hydrogens is 316 g/mol. The Balaban J connectivity index is 1.71. The van der Waals surface area contributed by atoms with Crippen LogP contribution in [0.1, 0.15) is 24.0 Å². The SMILES string of the molecule is COc1cc(NC(=O)Cc2ccc(C)cc2)ccc1N1CCCC1=O. The van der Waals surface area contributed by atoms with Crippen LogP contribution in [0.4, 0.5) is 11.4 Å². The molecule has 3 rings (SSSR count). The molecule has 0 aromatic heterocycles. The number of nitrogens with one attached hydrogen (secondary N) is 1. The molecule has 0 bridgehead atoms. The Morgan fingerprint density at radius 1 is 1.20 bits per heavy atom. The summed E-state index contributed by atoms with van der Waals surface area (Å²) in [7, 11) is 1.57. The fraction of sp³-hybridized carbons (Fsp3) is 0.300. The molecule has 2 aromatic carbocycles. The minimum atomic E-state index is -0.0871. The van der Waals surface area contributed by atoms with E-state index in [1.807, 2.05) is 37.3 Å². The summed E-state index contributed by atoms with van der Waals surface area (Å²) < 4.78 is 5.41. The third-order valence-electron chi connectivity index (χ3n) is 4.31. The third-order valence-corrected chi connectivity index (χ3v) is 4.31. The lowest BCUT2D eigenvalue weighted by Gasteiger charge is -2.19. The van der Waals surface area contributed by atoms with Gasteiger partial charge in [-0.25, -0.2) is 0 Å². The molecule has 1 aliphatic heterocycles. The van der Waals surface area contributed by atoms with Gasteiger partial charge in [0, 0.05) is 24.7 Å². The summed E-state index contributed by atoms with van der Waals surface area (Å²) in [6, 6.07) is 13.3. The zero-order chi connectivity index (χ0) is 17.8. The Morgan fingerprint density at radius 2 is 1.96 bits per heavy atom. The van der Waals surface area contributed by atoms with Gasteiger partial charge in [0.2, 0.25) is 11.8 Å². The lowest BCUT2D eigenvalue weighted by atomic mass is 10.1. The van der Waals surface area contributed by atoms with Gasteiger partial charge in [-0.1, -0.05) is 29.8 Å². The zero-order valence-electron chi connectivity index (χ0n) is 14.5. The summed E-state index contributed by atoms with van der Waals surface area (Å²) in [5.74, 6) is 0.605. The summed E-state index contributed by atoms with van der Waals surface area (Å²) in [4.78, 5) is 25.9. The first-order valence-corrected chi connectivity index (χ1v) is 8.40. The molecule has 25 heavy (non-hydrogen) atoms. The third kappa shape index (κ3) is 3.99. The fourth-order valence-electron chi connectivity index (χ4n) is 2.98. The molecule has 0 spiro atoms. The van der Waals surface area contributed by atoms with E-state index in [4.69, 9.17) is 4.74 Å². The monoisotopic (exact) mass is 338 g/mol. The van der Waals surface area contributed by atoms with E-state index in [1.165, 1.54) is 5.56 Å². The second-order valence-electron chi connectivity index (χ2n) is 6.25. The molecule has 1 fully saturated rings.